The number of methoxy groups -OCH3 is 1. The van der Waals surface area contributed by atoms with Crippen molar-refractivity contribution < 1.29 is 17.9 Å². The Morgan fingerprint density at radius 3 is 2.53 bits per heavy atom. The van der Waals surface area contributed by atoms with E-state index in [1.54, 1.807) is 16.3 Å². The molecule has 0 saturated carbocycles. The average Bonchev–Trinajstić information content (AvgIpc) is 2.87. The Morgan fingerprint density at radius 2 is 1.93 bits per heavy atom. The van der Waals surface area contributed by atoms with Gasteiger partial charge in [-0.15, -0.1) is 0 Å². The van der Waals surface area contributed by atoms with E-state index in [0.717, 1.165) is 12.8 Å². The van der Waals surface area contributed by atoms with Gasteiger partial charge in [-0.2, -0.15) is 4.31 Å². The Bertz CT molecular complexity index is 924. The lowest BCUT2D eigenvalue weighted by Gasteiger charge is -2.52. The Morgan fingerprint density at radius 1 is 1.23 bits per heavy atom. The van der Waals surface area contributed by atoms with E-state index >= 15 is 0 Å². The first kappa shape index (κ1) is 22.3. The van der Waals surface area contributed by atoms with Crippen LogP contribution < -0.4 is 5.32 Å². The van der Waals surface area contributed by atoms with Crippen LogP contribution in [-0.2, 0) is 19.6 Å². The molecule has 7 nitrogen and oxygen atoms in total. The fraction of sp³-hybridized carbons (Fsp3) is 0.650. The number of β-lactam (4-membered cyclic amide) rings is 1. The van der Waals surface area contributed by atoms with Crippen LogP contribution in [0, 0.1) is 11.3 Å². The van der Waals surface area contributed by atoms with Crippen LogP contribution in [0.1, 0.15) is 19.3 Å². The summed E-state index contributed by atoms with van der Waals surface area (Å²) in [6.07, 6.45) is 2.32. The summed E-state index contributed by atoms with van der Waals surface area (Å²) in [6, 6.07) is 3.80. The van der Waals surface area contributed by atoms with Crippen molar-refractivity contribution in [3.63, 3.8) is 0 Å². The molecule has 1 aromatic carbocycles. The predicted octanol–water partition coefficient (Wildman–Crippen LogP) is 2.23. The number of hydrogen-bond donors (Lipinski definition) is 1. The minimum Gasteiger partial charge on any atom is -0.383 e. The van der Waals surface area contributed by atoms with Crippen molar-refractivity contribution in [2.24, 2.45) is 11.3 Å². The van der Waals surface area contributed by atoms with E-state index < -0.39 is 15.4 Å². The molecule has 2 bridgehead atoms. The Balaban J connectivity index is 1.75. The molecule has 3 unspecified atom stereocenters. The molecule has 4 rings (SSSR count). The molecule has 10 heteroatoms. The number of amides is 1. The van der Waals surface area contributed by atoms with E-state index in [1.807, 2.05) is 7.05 Å². The largest absolute Gasteiger partial charge is 0.383 e. The van der Waals surface area contributed by atoms with E-state index in [9.17, 15) is 13.2 Å². The maximum atomic E-state index is 13.7. The highest BCUT2D eigenvalue weighted by atomic mass is 35.5. The zero-order valence-corrected chi connectivity index (χ0v) is 19.4. The molecular weight excluding hydrogens is 449 g/mol. The first-order valence-electron chi connectivity index (χ1n) is 10.2. The number of piperidine rings is 1. The highest BCUT2D eigenvalue weighted by Crippen LogP contribution is 2.58. The van der Waals surface area contributed by atoms with Crippen LogP contribution >= 0.6 is 23.2 Å². The van der Waals surface area contributed by atoms with Crippen LogP contribution in [0.15, 0.2) is 23.1 Å². The molecule has 3 aliphatic heterocycles. The van der Waals surface area contributed by atoms with Gasteiger partial charge in [0.1, 0.15) is 0 Å². The fourth-order valence-electron chi connectivity index (χ4n) is 5.71. The van der Waals surface area contributed by atoms with Gasteiger partial charge in [0.05, 0.1) is 16.9 Å². The topological polar surface area (TPSA) is 79.0 Å². The third-order valence-corrected chi connectivity index (χ3v) is 9.22. The zero-order chi connectivity index (χ0) is 21.7. The molecule has 166 valence electrons. The summed E-state index contributed by atoms with van der Waals surface area (Å²) >= 11 is 12.2. The quantitative estimate of drug-likeness (QED) is 0.611. The lowest BCUT2D eigenvalue weighted by molar-refractivity contribution is -0.167. The highest BCUT2D eigenvalue weighted by Gasteiger charge is 2.71. The Hall–Kier alpha value is -0.900. The highest BCUT2D eigenvalue weighted by molar-refractivity contribution is 7.89. The van der Waals surface area contributed by atoms with Gasteiger partial charge >= 0.3 is 0 Å². The van der Waals surface area contributed by atoms with Gasteiger partial charge in [-0.25, -0.2) is 8.42 Å². The summed E-state index contributed by atoms with van der Waals surface area (Å²) < 4.78 is 34.2. The molecule has 0 aliphatic carbocycles. The van der Waals surface area contributed by atoms with Crippen molar-refractivity contribution in [3.05, 3.63) is 28.2 Å². The second-order valence-corrected chi connectivity index (χ2v) is 11.1. The zero-order valence-electron chi connectivity index (χ0n) is 17.1. The number of halogens is 2. The van der Waals surface area contributed by atoms with Crippen LogP contribution in [-0.4, -0.2) is 76.0 Å². The van der Waals surface area contributed by atoms with Crippen molar-refractivity contribution in [2.75, 3.05) is 40.4 Å². The normalized spacial score (nSPS) is 31.4. The van der Waals surface area contributed by atoms with Crippen LogP contribution in [0.2, 0.25) is 10.0 Å². The third-order valence-electron chi connectivity index (χ3n) is 6.87. The number of carbonyl (C=O) groups is 1. The summed E-state index contributed by atoms with van der Waals surface area (Å²) in [5, 5.41) is 3.75. The smallest absolute Gasteiger partial charge is 0.243 e. The SMILES string of the molecule is CNC[C@@H]1C2CCCC(N2S(=O)(=O)c2cc(Cl)cc(Cl)c2)C12CN(CCOC)C2=O. The molecular formula is C20H27Cl2N3O4S. The first-order chi connectivity index (χ1) is 14.3. The van der Waals surface area contributed by atoms with E-state index in [2.05, 4.69) is 5.32 Å². The number of benzene rings is 1. The van der Waals surface area contributed by atoms with Crippen LogP contribution in [0.4, 0.5) is 0 Å². The molecule has 1 aromatic rings. The summed E-state index contributed by atoms with van der Waals surface area (Å²) in [7, 11) is -0.405. The summed E-state index contributed by atoms with van der Waals surface area (Å²) in [6.45, 7) is 2.14. The monoisotopic (exact) mass is 475 g/mol. The predicted molar refractivity (Wildman–Crippen MR) is 115 cm³/mol. The van der Waals surface area contributed by atoms with Gasteiger partial charge < -0.3 is 15.0 Å². The van der Waals surface area contributed by atoms with Crippen LogP contribution in [0.5, 0.6) is 0 Å². The molecule has 3 heterocycles. The number of carbonyl (C=O) groups excluding carboxylic acids is 1. The van der Waals surface area contributed by atoms with Gasteiger partial charge in [-0.3, -0.25) is 4.79 Å². The standard InChI is InChI=1S/C20H27Cl2N3O4S/c1-23-11-16-17-4-3-5-18(20(16)12-24(19(20)26)6-7-29-2)25(17)30(27,28)15-9-13(21)8-14(22)10-15/h8-10,16-18,23H,3-7,11-12H2,1-2H3/t16-,17?,18?,20?/m1/s1. The maximum Gasteiger partial charge on any atom is 0.243 e. The van der Waals surface area contributed by atoms with E-state index in [0.29, 0.717) is 32.7 Å². The second-order valence-electron chi connectivity index (χ2n) is 8.38. The number of ether oxygens (including phenoxy) is 1. The number of nitrogens with zero attached hydrogens (tertiary/aromatic N) is 2. The maximum absolute atomic E-state index is 13.7. The number of sulfonamides is 1. The molecule has 3 aliphatic rings. The molecule has 1 amide bonds. The number of nitrogens with one attached hydrogen (secondary N) is 1. The van der Waals surface area contributed by atoms with Crippen molar-refractivity contribution in [1.29, 1.82) is 0 Å². The molecule has 1 N–H and O–H groups in total. The number of fused-ring (bicyclic) bond motifs is 3. The van der Waals surface area contributed by atoms with Gasteiger partial charge in [0.2, 0.25) is 15.9 Å². The van der Waals surface area contributed by atoms with Gasteiger partial charge in [0.15, 0.2) is 0 Å². The van der Waals surface area contributed by atoms with Crippen LogP contribution in [0.25, 0.3) is 0 Å². The van der Waals surface area contributed by atoms with Gasteiger partial charge in [0, 0.05) is 54.8 Å². The summed E-state index contributed by atoms with van der Waals surface area (Å²) in [5.41, 5.74) is -0.687. The van der Waals surface area contributed by atoms with Gasteiger partial charge in [0.25, 0.3) is 0 Å². The Labute approximate surface area is 187 Å². The van der Waals surface area contributed by atoms with Crippen molar-refractivity contribution >= 4 is 39.1 Å². The van der Waals surface area contributed by atoms with Crippen molar-refractivity contribution in [3.8, 4) is 0 Å². The van der Waals surface area contributed by atoms with E-state index in [1.165, 1.54) is 18.2 Å². The molecule has 3 fully saturated rings. The van der Waals surface area contributed by atoms with Crippen molar-refractivity contribution in [2.45, 2.75) is 36.2 Å². The van der Waals surface area contributed by atoms with Gasteiger partial charge in [-0.1, -0.05) is 29.6 Å². The second kappa shape index (κ2) is 8.22. The fourth-order valence-corrected chi connectivity index (χ4v) is 8.39. The van der Waals surface area contributed by atoms with Gasteiger partial charge in [-0.05, 0) is 38.1 Å². The minimum absolute atomic E-state index is 0.0403. The Kier molecular flexibility index (Phi) is 6.11. The average molecular weight is 476 g/mol. The minimum atomic E-state index is -3.86. The summed E-state index contributed by atoms with van der Waals surface area (Å²) in [4.78, 5) is 15.3. The first-order valence-corrected chi connectivity index (χ1v) is 12.4. The molecule has 3 saturated heterocycles. The lowest BCUT2D eigenvalue weighted by atomic mass is 9.65. The number of likely N-dealkylation sites (tertiary alicyclic amines) is 1. The number of hydrogen-bond acceptors (Lipinski definition) is 5. The van der Waals surface area contributed by atoms with E-state index in [-0.39, 0.29) is 38.8 Å². The summed E-state index contributed by atoms with van der Waals surface area (Å²) in [5.74, 6) is -0.0377. The molecule has 1 spiro atoms. The lowest BCUT2D eigenvalue weighted by Crippen LogP contribution is -2.69. The van der Waals surface area contributed by atoms with Crippen LogP contribution in [0.3, 0.4) is 0 Å². The molecule has 4 atom stereocenters. The molecule has 30 heavy (non-hydrogen) atoms. The molecule has 0 radical (unpaired) electrons. The number of rotatable bonds is 7. The van der Waals surface area contributed by atoms with E-state index in [4.69, 9.17) is 27.9 Å². The van der Waals surface area contributed by atoms with Crippen molar-refractivity contribution in [1.82, 2.24) is 14.5 Å². The third kappa shape index (κ3) is 3.27. The molecule has 0 aromatic heterocycles.